The highest BCUT2D eigenvalue weighted by Gasteiger charge is 2.14. The van der Waals surface area contributed by atoms with Gasteiger partial charge in [0.05, 0.1) is 0 Å². The van der Waals surface area contributed by atoms with Crippen LogP contribution in [0, 0.1) is 0 Å². The van der Waals surface area contributed by atoms with Gasteiger partial charge in [-0.1, -0.05) is 44.4 Å². The van der Waals surface area contributed by atoms with Gasteiger partial charge in [0.25, 0.3) is 0 Å². The van der Waals surface area contributed by atoms with Crippen LogP contribution in [0.1, 0.15) is 13.3 Å². The van der Waals surface area contributed by atoms with Gasteiger partial charge >= 0.3 is 0 Å². The maximum atomic E-state index is 2.39. The predicted molar refractivity (Wildman–Crippen MR) is 46.3 cm³/mol. The van der Waals surface area contributed by atoms with Crippen LogP contribution in [0.5, 0.6) is 0 Å². The molecule has 51 valence electrons. The Morgan fingerprint density at radius 3 is 2.22 bits per heavy atom. The van der Waals surface area contributed by atoms with Crippen molar-refractivity contribution in [1.82, 2.24) is 0 Å². The lowest BCUT2D eigenvalue weighted by Gasteiger charge is -2.20. The molecule has 0 aliphatic carbocycles. The molecule has 0 aromatic rings. The Labute approximate surface area is 58.0 Å². The topological polar surface area (TPSA) is 0 Å². The van der Waals surface area contributed by atoms with Gasteiger partial charge < -0.3 is 0 Å². The van der Waals surface area contributed by atoms with Gasteiger partial charge in [0.15, 0.2) is 0 Å². The maximum Gasteiger partial charge on any atom is -0.0300 e. The fourth-order valence-electron chi connectivity index (χ4n) is 1.17. The summed E-state index contributed by atoms with van der Waals surface area (Å²) in [5.74, 6) is 4.77. The fraction of sp³-hybridized carbons (Fsp3) is 0.500. The van der Waals surface area contributed by atoms with Crippen LogP contribution in [0.25, 0.3) is 0 Å². The lowest BCUT2D eigenvalue weighted by Crippen LogP contribution is -1.85. The molecule has 0 aromatic heterocycles. The summed E-state index contributed by atoms with van der Waals surface area (Å²) in [7, 11) is -0.681. The summed E-state index contributed by atoms with van der Waals surface area (Å²) < 4.78 is 0. The van der Waals surface area contributed by atoms with Gasteiger partial charge in [-0.15, -0.1) is 0 Å². The number of rotatable bonds is 2. The lowest BCUT2D eigenvalue weighted by atomic mass is 10.6. The van der Waals surface area contributed by atoms with Crippen molar-refractivity contribution < 1.29 is 0 Å². The minimum Gasteiger partial charge on any atom is -0.0877 e. The third kappa shape index (κ3) is 1.66. The molecule has 1 rings (SSSR count). The molecule has 0 bridgehead atoms. The highest BCUT2D eigenvalue weighted by atomic mass is 31.2. The molecule has 9 heavy (non-hydrogen) atoms. The standard InChI is InChI=1S/C8H14P/c1-3-6-9(2)7-4-5-8-9/h4-5,7-8H,3,6H2,1-2H3. The molecule has 0 saturated heterocycles. The molecule has 0 unspecified atom stereocenters. The Hall–Kier alpha value is -0.0900. The van der Waals surface area contributed by atoms with Gasteiger partial charge in [-0.25, -0.2) is 0 Å². The van der Waals surface area contributed by atoms with E-state index < -0.39 is 7.26 Å². The minimum absolute atomic E-state index is 0.681. The molecule has 1 heterocycles. The van der Waals surface area contributed by atoms with Gasteiger partial charge in [-0.05, 0) is 12.8 Å². The minimum atomic E-state index is -0.681. The van der Waals surface area contributed by atoms with E-state index in [1.54, 1.807) is 0 Å². The van der Waals surface area contributed by atoms with Crippen molar-refractivity contribution >= 4 is 7.26 Å². The van der Waals surface area contributed by atoms with Crippen molar-refractivity contribution in [2.24, 2.45) is 0 Å². The highest BCUT2D eigenvalue weighted by Crippen LogP contribution is 2.60. The quantitative estimate of drug-likeness (QED) is 0.518. The molecular formula is C8H14P. The summed E-state index contributed by atoms with van der Waals surface area (Å²) in [6.45, 7) is 4.64. The van der Waals surface area contributed by atoms with Crippen molar-refractivity contribution in [3.8, 4) is 0 Å². The van der Waals surface area contributed by atoms with Gasteiger partial charge in [-0.2, -0.15) is 0 Å². The second kappa shape index (κ2) is 2.66. The van der Waals surface area contributed by atoms with E-state index in [9.17, 15) is 0 Å². The SMILES string of the molecule is CCC[P]1(C)C=CC=C1. The van der Waals surface area contributed by atoms with E-state index in [2.05, 4.69) is 37.4 Å². The summed E-state index contributed by atoms with van der Waals surface area (Å²) in [5.41, 5.74) is 0. The first kappa shape index (κ1) is 7.02. The van der Waals surface area contributed by atoms with Gasteiger partial charge in [0, 0.05) is 0 Å². The molecule has 0 atom stereocenters. The summed E-state index contributed by atoms with van der Waals surface area (Å²) in [6.07, 6.45) is 7.08. The Balaban J connectivity index is 2.53. The Bertz CT molecular complexity index is 133. The van der Waals surface area contributed by atoms with Crippen molar-refractivity contribution in [1.29, 1.82) is 0 Å². The van der Waals surface area contributed by atoms with Crippen LogP contribution in [0.15, 0.2) is 23.8 Å². The molecule has 1 aliphatic rings. The van der Waals surface area contributed by atoms with E-state index in [1.165, 1.54) is 12.6 Å². The zero-order valence-corrected chi connectivity index (χ0v) is 7.07. The zero-order valence-electron chi connectivity index (χ0n) is 6.17. The zero-order chi connectivity index (χ0) is 6.74. The average molecular weight is 141 g/mol. The molecule has 0 amide bonds. The Morgan fingerprint density at radius 2 is 1.78 bits per heavy atom. The number of allylic oxidation sites excluding steroid dienone is 2. The van der Waals surface area contributed by atoms with Crippen LogP contribution in [0.3, 0.4) is 0 Å². The largest absolute Gasteiger partial charge is 0.0877 e. The van der Waals surface area contributed by atoms with Crippen LogP contribution >= 0.6 is 7.26 Å². The third-order valence-electron chi connectivity index (χ3n) is 1.67. The molecule has 0 aromatic carbocycles. The molecule has 1 aliphatic heterocycles. The predicted octanol–water partition coefficient (Wildman–Crippen LogP) is 3.08. The molecule has 0 nitrogen and oxygen atoms in total. The van der Waals surface area contributed by atoms with Crippen LogP contribution in [-0.2, 0) is 0 Å². The summed E-state index contributed by atoms with van der Waals surface area (Å²) in [5, 5.41) is 0. The van der Waals surface area contributed by atoms with Crippen LogP contribution in [0.4, 0.5) is 0 Å². The Kier molecular flexibility index (Phi) is 2.08. The van der Waals surface area contributed by atoms with E-state index in [4.69, 9.17) is 0 Å². The first-order valence-electron chi connectivity index (χ1n) is 3.49. The maximum absolute atomic E-state index is 2.39. The molecular weight excluding hydrogens is 127 g/mol. The lowest BCUT2D eigenvalue weighted by molar-refractivity contribution is 1.09. The van der Waals surface area contributed by atoms with Crippen LogP contribution in [0.2, 0.25) is 0 Å². The molecule has 0 N–H and O–H groups in total. The molecule has 1 heteroatoms. The first-order chi connectivity index (χ1) is 4.27. The third-order valence-corrected chi connectivity index (χ3v) is 4.79. The van der Waals surface area contributed by atoms with Crippen molar-refractivity contribution in [2.45, 2.75) is 13.3 Å². The number of hydrogen-bond acceptors (Lipinski definition) is 0. The second-order valence-corrected chi connectivity index (χ2v) is 6.49. The van der Waals surface area contributed by atoms with Crippen molar-refractivity contribution in [2.75, 3.05) is 12.8 Å². The smallest absolute Gasteiger partial charge is 0.0300 e. The number of hydrogen-bond donors (Lipinski definition) is 0. The summed E-state index contributed by atoms with van der Waals surface area (Å²) >= 11 is 0. The summed E-state index contributed by atoms with van der Waals surface area (Å²) in [6, 6.07) is 0. The van der Waals surface area contributed by atoms with E-state index in [0.29, 0.717) is 0 Å². The monoisotopic (exact) mass is 141 g/mol. The average Bonchev–Trinajstić information content (AvgIpc) is 2.16. The molecule has 0 saturated carbocycles. The van der Waals surface area contributed by atoms with Crippen LogP contribution < -0.4 is 0 Å². The van der Waals surface area contributed by atoms with Crippen molar-refractivity contribution in [3.63, 3.8) is 0 Å². The van der Waals surface area contributed by atoms with Gasteiger partial charge in [0.2, 0.25) is 0 Å². The first-order valence-corrected chi connectivity index (χ1v) is 6.05. The molecule has 1 radical (unpaired) electrons. The van der Waals surface area contributed by atoms with Crippen molar-refractivity contribution in [3.05, 3.63) is 23.8 Å². The van der Waals surface area contributed by atoms with Gasteiger partial charge in [0.1, 0.15) is 0 Å². The summed E-state index contributed by atoms with van der Waals surface area (Å²) in [4.78, 5) is 0. The van der Waals surface area contributed by atoms with Gasteiger partial charge in [-0.3, -0.25) is 0 Å². The van der Waals surface area contributed by atoms with Crippen LogP contribution in [-0.4, -0.2) is 12.8 Å². The molecule has 0 spiro atoms. The highest BCUT2D eigenvalue weighted by molar-refractivity contribution is 7.81. The molecule has 0 fully saturated rings. The normalized spacial score (nSPS) is 21.1. The second-order valence-electron chi connectivity index (χ2n) is 2.75. The fourth-order valence-corrected chi connectivity index (χ4v) is 3.52. The Morgan fingerprint density at radius 1 is 1.22 bits per heavy atom. The van der Waals surface area contributed by atoms with E-state index >= 15 is 0 Å². The van der Waals surface area contributed by atoms with E-state index in [-0.39, 0.29) is 0 Å². The van der Waals surface area contributed by atoms with E-state index in [1.807, 2.05) is 0 Å². The van der Waals surface area contributed by atoms with E-state index in [0.717, 1.165) is 0 Å².